The maximum absolute atomic E-state index is 6.35. The van der Waals surface area contributed by atoms with E-state index in [4.69, 9.17) is 5.73 Å². The molecule has 2 N–H and O–H groups in total. The molecule has 1 aromatic rings. The molecule has 3 aliphatic rings. The van der Waals surface area contributed by atoms with Crippen molar-refractivity contribution in [1.82, 2.24) is 9.97 Å². The Morgan fingerprint density at radius 2 is 1.60 bits per heavy atom. The Hall–Kier alpha value is -1.36. The summed E-state index contributed by atoms with van der Waals surface area (Å²) in [5.41, 5.74) is 6.35. The fourth-order valence-electron chi connectivity index (χ4n) is 3.75. The third-order valence-electron chi connectivity index (χ3n) is 5.01. The molecule has 5 nitrogen and oxygen atoms in total. The van der Waals surface area contributed by atoms with Crippen molar-refractivity contribution in [2.75, 3.05) is 36.0 Å². The minimum atomic E-state index is 0.302. The van der Waals surface area contributed by atoms with Crippen LogP contribution in [0.15, 0.2) is 12.4 Å². The van der Waals surface area contributed by atoms with Crippen molar-refractivity contribution >= 4 is 11.6 Å². The summed E-state index contributed by atoms with van der Waals surface area (Å²) in [5, 5.41) is 0. The summed E-state index contributed by atoms with van der Waals surface area (Å²) < 4.78 is 0. The van der Waals surface area contributed by atoms with E-state index in [2.05, 4.69) is 19.8 Å². The van der Waals surface area contributed by atoms with E-state index in [1.54, 1.807) is 0 Å². The minimum absolute atomic E-state index is 0.302. The van der Waals surface area contributed by atoms with E-state index in [0.717, 1.165) is 43.7 Å². The first-order valence-corrected chi connectivity index (χ1v) is 7.89. The van der Waals surface area contributed by atoms with E-state index >= 15 is 0 Å². The van der Waals surface area contributed by atoms with Gasteiger partial charge in [-0.2, -0.15) is 0 Å². The lowest BCUT2D eigenvalue weighted by atomic mass is 9.99. The zero-order valence-electron chi connectivity index (χ0n) is 11.9. The van der Waals surface area contributed by atoms with Crippen LogP contribution in [0.1, 0.15) is 25.7 Å². The predicted molar refractivity (Wildman–Crippen MR) is 79.9 cm³/mol. The number of anilines is 2. The molecule has 20 heavy (non-hydrogen) atoms. The van der Waals surface area contributed by atoms with Gasteiger partial charge in [-0.15, -0.1) is 0 Å². The Morgan fingerprint density at radius 1 is 0.950 bits per heavy atom. The summed E-state index contributed by atoms with van der Waals surface area (Å²) in [6.45, 7) is 4.21. The van der Waals surface area contributed by atoms with E-state index in [-0.39, 0.29) is 0 Å². The normalized spacial score (nSPS) is 30.2. The summed E-state index contributed by atoms with van der Waals surface area (Å²) >= 11 is 0. The Kier molecular flexibility index (Phi) is 3.02. The van der Waals surface area contributed by atoms with Crippen molar-refractivity contribution in [2.24, 2.45) is 17.6 Å². The fourth-order valence-corrected chi connectivity index (χ4v) is 3.75. The van der Waals surface area contributed by atoms with Crippen LogP contribution in [0.4, 0.5) is 11.6 Å². The number of hydrogen-bond acceptors (Lipinski definition) is 5. The lowest BCUT2D eigenvalue weighted by molar-refractivity contribution is 0.456. The third-order valence-corrected chi connectivity index (χ3v) is 5.01. The summed E-state index contributed by atoms with van der Waals surface area (Å²) in [4.78, 5) is 14.0. The average molecular weight is 273 g/mol. The number of hydrogen-bond donors (Lipinski definition) is 1. The van der Waals surface area contributed by atoms with E-state index in [9.17, 15) is 0 Å². The van der Waals surface area contributed by atoms with Gasteiger partial charge in [0.25, 0.3) is 0 Å². The highest BCUT2D eigenvalue weighted by atomic mass is 15.3. The monoisotopic (exact) mass is 273 g/mol. The third kappa shape index (κ3) is 2.14. The first-order chi connectivity index (χ1) is 9.83. The number of nitrogens with zero attached hydrogens (tertiary/aromatic N) is 4. The summed E-state index contributed by atoms with van der Waals surface area (Å²) in [6, 6.07) is 0.302. The molecule has 2 atom stereocenters. The van der Waals surface area contributed by atoms with Crippen LogP contribution in [-0.2, 0) is 0 Å². The molecule has 2 aliphatic heterocycles. The Bertz CT molecular complexity index is 481. The van der Waals surface area contributed by atoms with Gasteiger partial charge in [0, 0.05) is 44.6 Å². The molecular weight excluding hydrogens is 250 g/mol. The molecule has 1 saturated carbocycles. The summed E-state index contributed by atoms with van der Waals surface area (Å²) in [7, 11) is 0. The molecule has 4 rings (SSSR count). The molecule has 0 unspecified atom stereocenters. The van der Waals surface area contributed by atoms with Crippen LogP contribution < -0.4 is 15.5 Å². The molecule has 5 heteroatoms. The molecule has 2 saturated heterocycles. The van der Waals surface area contributed by atoms with E-state index < -0.39 is 0 Å². The molecule has 0 spiro atoms. The van der Waals surface area contributed by atoms with Gasteiger partial charge in [-0.3, -0.25) is 0 Å². The first kappa shape index (κ1) is 12.4. The molecule has 0 amide bonds. The van der Waals surface area contributed by atoms with Crippen LogP contribution in [0.2, 0.25) is 0 Å². The summed E-state index contributed by atoms with van der Waals surface area (Å²) in [6.07, 6.45) is 8.88. The SMILES string of the molecule is N[C@H]1CN(c2nccnc2N2CCCC2)C[C@@H]1C1CC1. The zero-order chi connectivity index (χ0) is 13.5. The Morgan fingerprint density at radius 3 is 2.25 bits per heavy atom. The van der Waals surface area contributed by atoms with Gasteiger partial charge < -0.3 is 15.5 Å². The topological polar surface area (TPSA) is 58.3 Å². The van der Waals surface area contributed by atoms with Crippen LogP contribution in [0.3, 0.4) is 0 Å². The van der Waals surface area contributed by atoms with Gasteiger partial charge in [0.1, 0.15) is 0 Å². The highest BCUT2D eigenvalue weighted by molar-refractivity contribution is 5.63. The highest BCUT2D eigenvalue weighted by Crippen LogP contribution is 2.42. The lowest BCUT2D eigenvalue weighted by Crippen LogP contribution is -2.31. The van der Waals surface area contributed by atoms with Gasteiger partial charge in [-0.25, -0.2) is 9.97 Å². The van der Waals surface area contributed by atoms with Crippen molar-refractivity contribution in [1.29, 1.82) is 0 Å². The summed E-state index contributed by atoms with van der Waals surface area (Å²) in [5.74, 6) is 3.63. The largest absolute Gasteiger partial charge is 0.354 e. The van der Waals surface area contributed by atoms with Gasteiger partial charge in [-0.05, 0) is 37.5 Å². The van der Waals surface area contributed by atoms with Crippen molar-refractivity contribution in [3.8, 4) is 0 Å². The second-order valence-electron chi connectivity index (χ2n) is 6.47. The standard InChI is InChI=1S/C15H23N5/c16-13-10-20(9-12(13)11-3-4-11)15-14(17-5-6-18-15)19-7-1-2-8-19/h5-6,11-13H,1-4,7-10,16H2/t12-,13+/m1/s1. The maximum atomic E-state index is 6.35. The molecule has 108 valence electrons. The molecule has 0 radical (unpaired) electrons. The lowest BCUT2D eigenvalue weighted by Gasteiger charge is -2.24. The Balaban J connectivity index is 1.58. The molecule has 1 aliphatic carbocycles. The number of nitrogens with two attached hydrogens (primary N) is 1. The van der Waals surface area contributed by atoms with Gasteiger partial charge in [0.15, 0.2) is 11.6 Å². The van der Waals surface area contributed by atoms with Crippen LogP contribution >= 0.6 is 0 Å². The number of rotatable bonds is 3. The van der Waals surface area contributed by atoms with Crippen LogP contribution in [0.25, 0.3) is 0 Å². The van der Waals surface area contributed by atoms with Crippen LogP contribution in [0, 0.1) is 11.8 Å². The van der Waals surface area contributed by atoms with Crippen LogP contribution in [0.5, 0.6) is 0 Å². The smallest absolute Gasteiger partial charge is 0.172 e. The molecule has 0 bridgehead atoms. The van der Waals surface area contributed by atoms with Crippen LogP contribution in [-0.4, -0.2) is 42.2 Å². The zero-order valence-corrected chi connectivity index (χ0v) is 11.9. The molecule has 0 aromatic carbocycles. The van der Waals surface area contributed by atoms with Gasteiger partial charge in [0.05, 0.1) is 0 Å². The van der Waals surface area contributed by atoms with Crippen molar-refractivity contribution in [2.45, 2.75) is 31.7 Å². The van der Waals surface area contributed by atoms with E-state index in [1.807, 2.05) is 12.4 Å². The van der Waals surface area contributed by atoms with E-state index in [0.29, 0.717) is 12.0 Å². The molecular formula is C15H23N5. The molecule has 1 aromatic heterocycles. The van der Waals surface area contributed by atoms with Crippen molar-refractivity contribution < 1.29 is 0 Å². The van der Waals surface area contributed by atoms with Gasteiger partial charge in [0.2, 0.25) is 0 Å². The van der Waals surface area contributed by atoms with Crippen molar-refractivity contribution in [3.05, 3.63) is 12.4 Å². The van der Waals surface area contributed by atoms with Gasteiger partial charge >= 0.3 is 0 Å². The molecule has 3 fully saturated rings. The molecule has 3 heterocycles. The predicted octanol–water partition coefficient (Wildman–Crippen LogP) is 1.25. The van der Waals surface area contributed by atoms with Gasteiger partial charge in [-0.1, -0.05) is 0 Å². The fraction of sp³-hybridized carbons (Fsp3) is 0.733. The highest BCUT2D eigenvalue weighted by Gasteiger charge is 2.42. The van der Waals surface area contributed by atoms with Crippen molar-refractivity contribution in [3.63, 3.8) is 0 Å². The average Bonchev–Trinajstić information content (AvgIpc) is 3.02. The second-order valence-corrected chi connectivity index (χ2v) is 6.47. The second kappa shape index (κ2) is 4.88. The first-order valence-electron chi connectivity index (χ1n) is 7.89. The maximum Gasteiger partial charge on any atom is 0.172 e. The number of aromatic nitrogens is 2. The van der Waals surface area contributed by atoms with E-state index in [1.165, 1.54) is 25.7 Å². The minimum Gasteiger partial charge on any atom is -0.354 e. The Labute approximate surface area is 120 Å². The quantitative estimate of drug-likeness (QED) is 0.898.